The van der Waals surface area contributed by atoms with Gasteiger partial charge < -0.3 is 15.1 Å². The lowest BCUT2D eigenvalue weighted by molar-refractivity contribution is 0.522. The smallest absolute Gasteiger partial charge is 0.181 e. The number of aryl methyl sites for hydroxylation is 1. The van der Waals surface area contributed by atoms with Gasteiger partial charge in [-0.05, 0) is 26.1 Å². The molecular weight excluding hydrogens is 242 g/mol. The summed E-state index contributed by atoms with van der Waals surface area (Å²) in [6.07, 6.45) is 1.49. The predicted molar refractivity (Wildman–Crippen MR) is 71.7 cm³/mol. The molecule has 1 rings (SSSR count). The summed E-state index contributed by atoms with van der Waals surface area (Å²) in [5.74, 6) is 2.81. The van der Waals surface area contributed by atoms with Crippen LogP contribution in [0, 0.1) is 6.92 Å². The van der Waals surface area contributed by atoms with Gasteiger partial charge >= 0.3 is 0 Å². The molecule has 0 fully saturated rings. The van der Waals surface area contributed by atoms with Crippen LogP contribution in [0.2, 0.25) is 0 Å². The van der Waals surface area contributed by atoms with Gasteiger partial charge in [-0.25, -0.2) is 4.98 Å². The Balaban J connectivity index is 2.04. The number of rotatable bonds is 6. The second kappa shape index (κ2) is 7.51. The summed E-state index contributed by atoms with van der Waals surface area (Å²) < 4.78 is 5.24. The van der Waals surface area contributed by atoms with E-state index in [-0.39, 0.29) is 0 Å². The molecule has 4 nitrogen and oxygen atoms in total. The van der Waals surface area contributed by atoms with Crippen molar-refractivity contribution in [3.8, 4) is 0 Å². The van der Waals surface area contributed by atoms with E-state index in [1.54, 1.807) is 11.8 Å². The maximum atomic E-state index is 5.24. The quantitative estimate of drug-likeness (QED) is 0.599. The van der Waals surface area contributed by atoms with Gasteiger partial charge in [0.25, 0.3) is 0 Å². The first kappa shape index (κ1) is 13.3. The summed E-state index contributed by atoms with van der Waals surface area (Å²) in [6, 6.07) is 0. The van der Waals surface area contributed by atoms with Crippen LogP contribution in [0.3, 0.4) is 0 Å². The minimum absolute atomic E-state index is 0.721. The van der Waals surface area contributed by atoms with Crippen molar-refractivity contribution >= 4 is 29.1 Å². The van der Waals surface area contributed by atoms with E-state index in [2.05, 4.69) is 15.6 Å². The molecule has 0 radical (unpaired) electrons. The molecule has 0 atom stereocenters. The number of nitrogens with zero attached hydrogens (tertiary/aromatic N) is 1. The van der Waals surface area contributed by atoms with Gasteiger partial charge in [0.05, 0.1) is 11.4 Å². The van der Waals surface area contributed by atoms with E-state index in [1.807, 2.05) is 13.8 Å². The highest BCUT2D eigenvalue weighted by atomic mass is 32.2. The molecule has 0 bridgehead atoms. The van der Waals surface area contributed by atoms with E-state index in [4.69, 9.17) is 16.6 Å². The number of thiocarbonyl (C=S) groups is 1. The molecule has 0 aromatic carbocycles. The molecule has 0 spiro atoms. The fourth-order valence-corrected chi connectivity index (χ4v) is 2.19. The molecule has 0 aliphatic heterocycles. The van der Waals surface area contributed by atoms with E-state index < -0.39 is 0 Å². The van der Waals surface area contributed by atoms with E-state index in [0.717, 1.165) is 41.2 Å². The number of thioether (sulfide) groups is 1. The van der Waals surface area contributed by atoms with Gasteiger partial charge in [-0.1, -0.05) is 0 Å². The van der Waals surface area contributed by atoms with Crippen molar-refractivity contribution in [2.24, 2.45) is 0 Å². The Hall–Kier alpha value is -0.750. The molecule has 1 aromatic heterocycles. The molecule has 1 aromatic rings. The number of aromatic nitrogens is 1. The molecule has 1 heterocycles. The minimum atomic E-state index is 0.721. The average molecular weight is 259 g/mol. The Morgan fingerprint density at radius 2 is 2.38 bits per heavy atom. The molecule has 0 aliphatic carbocycles. The lowest BCUT2D eigenvalue weighted by atomic mass is 10.4. The van der Waals surface area contributed by atoms with Crippen molar-refractivity contribution in [2.75, 3.05) is 18.8 Å². The van der Waals surface area contributed by atoms with Crippen molar-refractivity contribution in [2.45, 2.75) is 19.6 Å². The Labute approximate surface area is 106 Å². The van der Waals surface area contributed by atoms with Gasteiger partial charge in [0.1, 0.15) is 5.76 Å². The predicted octanol–water partition coefficient (Wildman–Crippen LogP) is 1.70. The summed E-state index contributed by atoms with van der Waals surface area (Å²) in [4.78, 5) is 4.04. The van der Waals surface area contributed by atoms with Crippen LogP contribution >= 0.6 is 24.0 Å². The van der Waals surface area contributed by atoms with Gasteiger partial charge in [-0.15, -0.1) is 0 Å². The summed E-state index contributed by atoms with van der Waals surface area (Å²) in [5.41, 5.74) is 0.976. The number of oxazole rings is 1. The zero-order chi connectivity index (χ0) is 11.8. The Kier molecular flexibility index (Phi) is 6.25. The first-order chi connectivity index (χ1) is 7.74. The van der Waals surface area contributed by atoms with Crippen LogP contribution < -0.4 is 10.6 Å². The number of nitrogens with one attached hydrogen (secondary N) is 2. The maximum Gasteiger partial charge on any atom is 0.181 e. The zero-order valence-electron chi connectivity index (χ0n) is 9.58. The van der Waals surface area contributed by atoms with Crippen molar-refractivity contribution in [3.05, 3.63) is 17.8 Å². The molecule has 0 saturated heterocycles. The third-order valence-electron chi connectivity index (χ3n) is 1.95. The molecular formula is C10H17N3OS2. The first-order valence-corrected chi connectivity index (χ1v) is 6.78. The molecule has 6 heteroatoms. The molecule has 0 aliphatic rings. The van der Waals surface area contributed by atoms with Crippen molar-refractivity contribution in [1.29, 1.82) is 0 Å². The zero-order valence-corrected chi connectivity index (χ0v) is 11.2. The van der Waals surface area contributed by atoms with Crippen LogP contribution in [0.4, 0.5) is 0 Å². The number of hydrogen-bond acceptors (Lipinski definition) is 4. The molecule has 0 unspecified atom stereocenters. The Bertz CT molecular complexity index is 328. The van der Waals surface area contributed by atoms with E-state index >= 15 is 0 Å². The number of hydrogen-bond donors (Lipinski definition) is 2. The summed E-state index contributed by atoms with van der Waals surface area (Å²) >= 11 is 6.84. The van der Waals surface area contributed by atoms with Crippen LogP contribution in [0.5, 0.6) is 0 Å². The van der Waals surface area contributed by atoms with Gasteiger partial charge in [0, 0.05) is 18.8 Å². The van der Waals surface area contributed by atoms with Gasteiger partial charge in [0.2, 0.25) is 0 Å². The first-order valence-electron chi connectivity index (χ1n) is 5.22. The lowest BCUT2D eigenvalue weighted by Gasteiger charge is -2.07. The Morgan fingerprint density at radius 1 is 1.56 bits per heavy atom. The summed E-state index contributed by atoms with van der Waals surface area (Å²) in [6.45, 7) is 5.70. The average Bonchev–Trinajstić information content (AvgIpc) is 2.64. The third kappa shape index (κ3) is 4.85. The SMILES string of the molecule is CCNC(=S)NCCSCc1ocnc1C. The monoisotopic (exact) mass is 259 g/mol. The van der Waals surface area contributed by atoms with Crippen LogP contribution in [0.15, 0.2) is 10.8 Å². The van der Waals surface area contributed by atoms with Crippen molar-refractivity contribution < 1.29 is 4.42 Å². The van der Waals surface area contributed by atoms with E-state index in [9.17, 15) is 0 Å². The van der Waals surface area contributed by atoms with Crippen molar-refractivity contribution in [3.63, 3.8) is 0 Å². The second-order valence-corrected chi connectivity index (χ2v) is 4.71. The van der Waals surface area contributed by atoms with E-state index in [1.165, 1.54) is 6.39 Å². The molecule has 0 saturated carbocycles. The fraction of sp³-hybridized carbons (Fsp3) is 0.600. The normalized spacial score (nSPS) is 10.1. The highest BCUT2D eigenvalue weighted by molar-refractivity contribution is 7.98. The fourth-order valence-electron chi connectivity index (χ4n) is 1.09. The van der Waals surface area contributed by atoms with Crippen LogP contribution in [-0.4, -0.2) is 28.9 Å². The minimum Gasteiger partial charge on any atom is -0.447 e. The standard InChI is InChI=1S/C10H17N3OS2/c1-3-11-10(15)12-4-5-16-6-9-8(2)13-7-14-9/h7H,3-6H2,1-2H3,(H2,11,12,15). The van der Waals surface area contributed by atoms with E-state index in [0.29, 0.717) is 0 Å². The van der Waals surface area contributed by atoms with Crippen LogP contribution in [0.25, 0.3) is 0 Å². The highest BCUT2D eigenvalue weighted by Crippen LogP contribution is 2.14. The highest BCUT2D eigenvalue weighted by Gasteiger charge is 2.02. The topological polar surface area (TPSA) is 50.1 Å². The summed E-state index contributed by atoms with van der Waals surface area (Å²) in [5, 5.41) is 6.89. The molecule has 0 amide bonds. The summed E-state index contributed by atoms with van der Waals surface area (Å²) in [7, 11) is 0. The van der Waals surface area contributed by atoms with Crippen molar-refractivity contribution in [1.82, 2.24) is 15.6 Å². The van der Waals surface area contributed by atoms with Gasteiger partial charge in [0.15, 0.2) is 11.5 Å². The second-order valence-electron chi connectivity index (χ2n) is 3.20. The largest absolute Gasteiger partial charge is 0.447 e. The third-order valence-corrected chi connectivity index (χ3v) is 3.20. The lowest BCUT2D eigenvalue weighted by Crippen LogP contribution is -2.36. The maximum absolute atomic E-state index is 5.24. The van der Waals surface area contributed by atoms with Gasteiger partial charge in [-0.2, -0.15) is 11.8 Å². The van der Waals surface area contributed by atoms with Crippen LogP contribution in [0.1, 0.15) is 18.4 Å². The Morgan fingerprint density at radius 3 is 3.00 bits per heavy atom. The van der Waals surface area contributed by atoms with Crippen LogP contribution in [-0.2, 0) is 5.75 Å². The van der Waals surface area contributed by atoms with Gasteiger partial charge in [-0.3, -0.25) is 0 Å². The molecule has 90 valence electrons. The molecule has 16 heavy (non-hydrogen) atoms. The molecule has 2 N–H and O–H groups in total.